The van der Waals surface area contributed by atoms with Crippen LogP contribution in [0.25, 0.3) is 0 Å². The molecular weight excluding hydrogens is 216 g/mol. The molecule has 0 bridgehead atoms. The van der Waals surface area contributed by atoms with Gasteiger partial charge in [-0.1, -0.05) is 6.07 Å². The number of nitrogens with two attached hydrogens (primary N) is 1. The molecule has 1 amide bonds. The van der Waals surface area contributed by atoms with E-state index in [2.05, 4.69) is 5.32 Å². The van der Waals surface area contributed by atoms with Crippen molar-refractivity contribution in [3.63, 3.8) is 0 Å². The van der Waals surface area contributed by atoms with Crippen molar-refractivity contribution in [3.05, 3.63) is 23.8 Å². The van der Waals surface area contributed by atoms with Crippen LogP contribution >= 0.6 is 0 Å². The van der Waals surface area contributed by atoms with E-state index in [9.17, 15) is 4.79 Å². The van der Waals surface area contributed by atoms with Crippen LogP contribution in [0.1, 0.15) is 18.9 Å². The average molecular weight is 234 g/mol. The van der Waals surface area contributed by atoms with Gasteiger partial charge in [0.25, 0.3) is 0 Å². The first-order chi connectivity index (χ1) is 8.06. The van der Waals surface area contributed by atoms with Gasteiger partial charge < -0.3 is 15.8 Å². The first kappa shape index (κ1) is 11.9. The van der Waals surface area contributed by atoms with Crippen molar-refractivity contribution in [3.8, 4) is 0 Å². The highest BCUT2D eigenvalue weighted by atomic mass is 16.5. The summed E-state index contributed by atoms with van der Waals surface area (Å²) in [5.74, 6) is -0.0735. The zero-order valence-electron chi connectivity index (χ0n) is 10.2. The van der Waals surface area contributed by atoms with E-state index < -0.39 is 0 Å². The van der Waals surface area contributed by atoms with Crippen molar-refractivity contribution in [2.45, 2.75) is 26.4 Å². The van der Waals surface area contributed by atoms with Crippen LogP contribution in [0.5, 0.6) is 0 Å². The van der Waals surface area contributed by atoms with Gasteiger partial charge in [0, 0.05) is 0 Å². The summed E-state index contributed by atoms with van der Waals surface area (Å²) in [6.45, 7) is 4.45. The largest absolute Gasteiger partial charge is 0.397 e. The lowest BCUT2D eigenvalue weighted by molar-refractivity contribution is -0.119. The molecule has 2 unspecified atom stereocenters. The molecule has 2 atom stereocenters. The third-order valence-corrected chi connectivity index (χ3v) is 3.03. The predicted octanol–water partition coefficient (Wildman–Crippen LogP) is 1.94. The summed E-state index contributed by atoms with van der Waals surface area (Å²) in [6.07, 6.45) is 0.943. The SMILES string of the molecule is Cc1ccc(NC(=O)C2COC(C)C2)c(N)c1. The minimum absolute atomic E-state index is 0.00935. The molecule has 4 heteroatoms. The molecule has 0 radical (unpaired) electrons. The highest BCUT2D eigenvalue weighted by Gasteiger charge is 2.28. The standard InChI is InChI=1S/C13H18N2O2/c1-8-3-4-12(11(14)5-8)15-13(16)10-6-9(2)17-7-10/h3-5,9-10H,6-7,14H2,1-2H3,(H,15,16). The molecule has 2 rings (SSSR count). The number of ether oxygens (including phenoxy) is 1. The summed E-state index contributed by atoms with van der Waals surface area (Å²) in [4.78, 5) is 12.0. The van der Waals surface area contributed by atoms with Crippen LogP contribution in [-0.4, -0.2) is 18.6 Å². The molecule has 92 valence electrons. The fraction of sp³-hybridized carbons (Fsp3) is 0.462. The lowest BCUT2D eigenvalue weighted by atomic mass is 10.1. The lowest BCUT2D eigenvalue weighted by Crippen LogP contribution is -2.23. The van der Waals surface area contributed by atoms with Gasteiger partial charge in [-0.25, -0.2) is 0 Å². The molecule has 1 saturated heterocycles. The molecule has 17 heavy (non-hydrogen) atoms. The van der Waals surface area contributed by atoms with Crippen molar-refractivity contribution < 1.29 is 9.53 Å². The van der Waals surface area contributed by atoms with Crippen LogP contribution < -0.4 is 11.1 Å². The second-order valence-electron chi connectivity index (χ2n) is 4.66. The van der Waals surface area contributed by atoms with E-state index >= 15 is 0 Å². The Morgan fingerprint density at radius 2 is 2.29 bits per heavy atom. The number of benzene rings is 1. The third kappa shape index (κ3) is 2.77. The van der Waals surface area contributed by atoms with Crippen molar-refractivity contribution in [2.24, 2.45) is 5.92 Å². The molecule has 1 heterocycles. The van der Waals surface area contributed by atoms with Gasteiger partial charge in [0.2, 0.25) is 5.91 Å². The Morgan fingerprint density at radius 1 is 1.53 bits per heavy atom. The number of amides is 1. The van der Waals surface area contributed by atoms with E-state index in [1.54, 1.807) is 0 Å². The van der Waals surface area contributed by atoms with Crippen LogP contribution in [0.15, 0.2) is 18.2 Å². The molecule has 1 aromatic carbocycles. The normalized spacial score (nSPS) is 23.6. The molecule has 0 saturated carbocycles. The number of hydrogen-bond donors (Lipinski definition) is 2. The van der Waals surface area contributed by atoms with E-state index in [0.29, 0.717) is 18.0 Å². The van der Waals surface area contributed by atoms with Crippen LogP contribution in [0, 0.1) is 12.8 Å². The predicted molar refractivity (Wildman–Crippen MR) is 67.7 cm³/mol. The van der Waals surface area contributed by atoms with Crippen molar-refractivity contribution in [1.29, 1.82) is 0 Å². The molecule has 4 nitrogen and oxygen atoms in total. The summed E-state index contributed by atoms with van der Waals surface area (Å²) < 4.78 is 5.38. The molecule has 0 spiro atoms. The smallest absolute Gasteiger partial charge is 0.229 e. The molecule has 1 aliphatic rings. The lowest BCUT2D eigenvalue weighted by Gasteiger charge is -2.11. The second-order valence-corrected chi connectivity index (χ2v) is 4.66. The summed E-state index contributed by atoms with van der Waals surface area (Å²) in [5.41, 5.74) is 8.21. The van der Waals surface area contributed by atoms with E-state index in [1.807, 2.05) is 32.0 Å². The van der Waals surface area contributed by atoms with Gasteiger partial charge in [-0.15, -0.1) is 0 Å². The molecular formula is C13H18N2O2. The van der Waals surface area contributed by atoms with Gasteiger partial charge in [-0.3, -0.25) is 4.79 Å². The van der Waals surface area contributed by atoms with E-state index in [4.69, 9.17) is 10.5 Å². The number of nitrogen functional groups attached to an aromatic ring is 1. The first-order valence-corrected chi connectivity index (χ1v) is 5.85. The maximum Gasteiger partial charge on any atom is 0.229 e. The van der Waals surface area contributed by atoms with Crippen LogP contribution in [0.2, 0.25) is 0 Å². The van der Waals surface area contributed by atoms with Gasteiger partial charge in [-0.05, 0) is 38.0 Å². The number of aryl methyl sites for hydroxylation is 1. The Labute approximate surface area is 101 Å². The maximum atomic E-state index is 12.0. The first-order valence-electron chi connectivity index (χ1n) is 5.85. The molecule has 1 aromatic rings. The summed E-state index contributed by atoms with van der Waals surface area (Å²) in [6, 6.07) is 5.62. The summed E-state index contributed by atoms with van der Waals surface area (Å²) in [7, 11) is 0. The molecule has 0 aromatic heterocycles. The van der Waals surface area contributed by atoms with Gasteiger partial charge in [-0.2, -0.15) is 0 Å². The fourth-order valence-electron chi connectivity index (χ4n) is 2.03. The number of carbonyl (C=O) groups is 1. The molecule has 0 aliphatic carbocycles. The number of nitrogens with one attached hydrogen (secondary N) is 1. The Morgan fingerprint density at radius 3 is 2.88 bits per heavy atom. The van der Waals surface area contributed by atoms with Crippen LogP contribution in [0.3, 0.4) is 0 Å². The van der Waals surface area contributed by atoms with Crippen LogP contribution in [0.4, 0.5) is 11.4 Å². The molecule has 1 aliphatic heterocycles. The van der Waals surface area contributed by atoms with Gasteiger partial charge in [0.15, 0.2) is 0 Å². The highest BCUT2D eigenvalue weighted by Crippen LogP contribution is 2.24. The van der Waals surface area contributed by atoms with E-state index in [1.165, 1.54) is 0 Å². The zero-order valence-corrected chi connectivity index (χ0v) is 10.2. The minimum atomic E-state index is -0.0642. The Hall–Kier alpha value is -1.55. The van der Waals surface area contributed by atoms with Gasteiger partial charge in [0.1, 0.15) is 0 Å². The average Bonchev–Trinajstić information content (AvgIpc) is 2.69. The zero-order chi connectivity index (χ0) is 12.4. The van der Waals surface area contributed by atoms with Crippen molar-refractivity contribution in [2.75, 3.05) is 17.7 Å². The number of hydrogen-bond acceptors (Lipinski definition) is 3. The molecule has 1 fully saturated rings. The summed E-state index contributed by atoms with van der Waals surface area (Å²) >= 11 is 0. The highest BCUT2D eigenvalue weighted by molar-refractivity contribution is 5.95. The Kier molecular flexibility index (Phi) is 3.33. The quantitative estimate of drug-likeness (QED) is 0.769. The van der Waals surface area contributed by atoms with Gasteiger partial charge >= 0.3 is 0 Å². The Bertz CT molecular complexity index is 431. The minimum Gasteiger partial charge on any atom is -0.397 e. The van der Waals surface area contributed by atoms with Crippen molar-refractivity contribution >= 4 is 17.3 Å². The Balaban J connectivity index is 2.03. The van der Waals surface area contributed by atoms with Gasteiger partial charge in [0.05, 0.1) is 30.0 Å². The van der Waals surface area contributed by atoms with Crippen LogP contribution in [-0.2, 0) is 9.53 Å². The second kappa shape index (κ2) is 4.75. The maximum absolute atomic E-state index is 12.0. The monoisotopic (exact) mass is 234 g/mol. The number of carbonyl (C=O) groups excluding carboxylic acids is 1. The molecule has 3 N–H and O–H groups in total. The summed E-state index contributed by atoms with van der Waals surface area (Å²) in [5, 5.41) is 2.86. The van der Waals surface area contributed by atoms with Crippen molar-refractivity contribution in [1.82, 2.24) is 0 Å². The van der Waals surface area contributed by atoms with E-state index in [0.717, 1.165) is 12.0 Å². The number of anilines is 2. The fourth-order valence-corrected chi connectivity index (χ4v) is 2.03. The van der Waals surface area contributed by atoms with E-state index in [-0.39, 0.29) is 17.9 Å². The topological polar surface area (TPSA) is 64.3 Å². The number of rotatable bonds is 2. The third-order valence-electron chi connectivity index (χ3n) is 3.03.